The van der Waals surface area contributed by atoms with E-state index in [-0.39, 0.29) is 22.9 Å². The minimum atomic E-state index is -1.09. The number of halogens is 2. The SMILES string of the molecule is CC(=O)Nc1ccc(C2=C(Nc3ccc(F)c(F)c3)C(=O)N(c3cccc(C)c3C)C2=O)cc1. The predicted molar refractivity (Wildman–Crippen MR) is 126 cm³/mol. The van der Waals surface area contributed by atoms with Crippen LogP contribution < -0.4 is 15.5 Å². The Kier molecular flexibility index (Phi) is 5.98. The van der Waals surface area contributed by atoms with Crippen LogP contribution in [0.3, 0.4) is 0 Å². The van der Waals surface area contributed by atoms with Crippen molar-refractivity contribution in [2.75, 3.05) is 15.5 Å². The van der Waals surface area contributed by atoms with Gasteiger partial charge in [0.15, 0.2) is 11.6 Å². The topological polar surface area (TPSA) is 78.5 Å². The zero-order valence-corrected chi connectivity index (χ0v) is 18.7. The van der Waals surface area contributed by atoms with E-state index in [9.17, 15) is 23.2 Å². The number of hydrogen-bond acceptors (Lipinski definition) is 4. The number of rotatable bonds is 5. The van der Waals surface area contributed by atoms with Crippen molar-refractivity contribution in [2.45, 2.75) is 20.8 Å². The van der Waals surface area contributed by atoms with Crippen LogP contribution in [0.5, 0.6) is 0 Å². The molecule has 0 aliphatic carbocycles. The molecule has 3 aromatic carbocycles. The Bertz CT molecular complexity index is 1360. The Morgan fingerprint density at radius 1 is 0.853 bits per heavy atom. The first kappa shape index (κ1) is 22.8. The first-order chi connectivity index (χ1) is 16.2. The molecule has 172 valence electrons. The van der Waals surface area contributed by atoms with Crippen LogP contribution in [-0.2, 0) is 14.4 Å². The Morgan fingerprint density at radius 2 is 1.53 bits per heavy atom. The zero-order valence-electron chi connectivity index (χ0n) is 18.7. The van der Waals surface area contributed by atoms with Crippen LogP contribution in [0.1, 0.15) is 23.6 Å². The second-order valence-corrected chi connectivity index (χ2v) is 7.93. The molecule has 0 aromatic heterocycles. The maximum absolute atomic E-state index is 13.8. The molecular weight excluding hydrogens is 440 g/mol. The second kappa shape index (κ2) is 8.90. The van der Waals surface area contributed by atoms with Crippen LogP contribution in [0.15, 0.2) is 66.4 Å². The van der Waals surface area contributed by atoms with Crippen molar-refractivity contribution in [1.29, 1.82) is 0 Å². The summed E-state index contributed by atoms with van der Waals surface area (Å²) >= 11 is 0. The third kappa shape index (κ3) is 4.17. The number of amides is 3. The number of benzene rings is 3. The van der Waals surface area contributed by atoms with Crippen molar-refractivity contribution in [3.63, 3.8) is 0 Å². The lowest BCUT2D eigenvalue weighted by atomic mass is 10.0. The number of imide groups is 1. The molecule has 0 bridgehead atoms. The summed E-state index contributed by atoms with van der Waals surface area (Å²) in [5.74, 6) is -3.55. The molecule has 0 unspecified atom stereocenters. The van der Waals surface area contributed by atoms with Crippen LogP contribution in [0, 0.1) is 25.5 Å². The molecule has 0 radical (unpaired) electrons. The van der Waals surface area contributed by atoms with Gasteiger partial charge in [0.05, 0.1) is 11.3 Å². The highest BCUT2D eigenvalue weighted by atomic mass is 19.2. The van der Waals surface area contributed by atoms with Crippen LogP contribution in [0.4, 0.5) is 25.8 Å². The molecule has 0 saturated heterocycles. The fourth-order valence-corrected chi connectivity index (χ4v) is 3.75. The molecule has 1 aliphatic heterocycles. The average Bonchev–Trinajstić information content (AvgIpc) is 3.02. The van der Waals surface area contributed by atoms with Gasteiger partial charge in [-0.15, -0.1) is 0 Å². The van der Waals surface area contributed by atoms with Gasteiger partial charge in [-0.1, -0.05) is 24.3 Å². The van der Waals surface area contributed by atoms with E-state index in [2.05, 4.69) is 10.6 Å². The molecule has 1 aliphatic rings. The summed E-state index contributed by atoms with van der Waals surface area (Å²) in [6.45, 7) is 5.06. The van der Waals surface area contributed by atoms with Crippen LogP contribution in [0.25, 0.3) is 5.57 Å². The minimum absolute atomic E-state index is 0.0656. The molecule has 6 nitrogen and oxygen atoms in total. The lowest BCUT2D eigenvalue weighted by Crippen LogP contribution is -2.33. The first-order valence-corrected chi connectivity index (χ1v) is 10.5. The third-order valence-corrected chi connectivity index (χ3v) is 5.58. The van der Waals surface area contributed by atoms with Gasteiger partial charge < -0.3 is 10.6 Å². The Morgan fingerprint density at radius 3 is 2.18 bits per heavy atom. The molecule has 2 N–H and O–H groups in total. The summed E-state index contributed by atoms with van der Waals surface area (Å²) in [5, 5.41) is 5.45. The van der Waals surface area contributed by atoms with Gasteiger partial charge in [-0.3, -0.25) is 14.4 Å². The Hall–Kier alpha value is -4.33. The van der Waals surface area contributed by atoms with Gasteiger partial charge in [0, 0.05) is 24.4 Å². The number of carbonyl (C=O) groups excluding carboxylic acids is 3. The van der Waals surface area contributed by atoms with E-state index in [4.69, 9.17) is 0 Å². The molecule has 8 heteroatoms. The molecule has 0 atom stereocenters. The molecule has 4 rings (SSSR count). The normalized spacial score (nSPS) is 13.5. The van der Waals surface area contributed by atoms with Gasteiger partial charge in [0.2, 0.25) is 5.91 Å². The van der Waals surface area contributed by atoms with Crippen molar-refractivity contribution in [3.8, 4) is 0 Å². The van der Waals surface area contributed by atoms with Crippen LogP contribution in [-0.4, -0.2) is 17.7 Å². The highest BCUT2D eigenvalue weighted by Crippen LogP contribution is 2.36. The smallest absolute Gasteiger partial charge is 0.282 e. The number of hydrogen-bond donors (Lipinski definition) is 2. The molecular formula is C26H21F2N3O3. The highest BCUT2D eigenvalue weighted by Gasteiger charge is 2.41. The van der Waals surface area contributed by atoms with Gasteiger partial charge in [-0.2, -0.15) is 0 Å². The van der Waals surface area contributed by atoms with Gasteiger partial charge in [-0.05, 0) is 60.9 Å². The predicted octanol–water partition coefficient (Wildman–Crippen LogP) is 4.94. The molecule has 34 heavy (non-hydrogen) atoms. The molecule has 0 saturated carbocycles. The van der Waals surface area contributed by atoms with E-state index in [1.54, 1.807) is 36.4 Å². The lowest BCUT2D eigenvalue weighted by Gasteiger charge is -2.19. The maximum Gasteiger partial charge on any atom is 0.282 e. The van der Waals surface area contributed by atoms with E-state index >= 15 is 0 Å². The Labute approximate surface area is 194 Å². The lowest BCUT2D eigenvalue weighted by molar-refractivity contribution is -0.120. The van der Waals surface area contributed by atoms with Crippen molar-refractivity contribution >= 4 is 40.4 Å². The fourth-order valence-electron chi connectivity index (χ4n) is 3.75. The fraction of sp³-hybridized carbons (Fsp3) is 0.115. The first-order valence-electron chi connectivity index (χ1n) is 10.5. The van der Waals surface area contributed by atoms with Crippen LogP contribution in [0.2, 0.25) is 0 Å². The van der Waals surface area contributed by atoms with E-state index in [0.29, 0.717) is 16.9 Å². The largest absolute Gasteiger partial charge is 0.350 e. The van der Waals surface area contributed by atoms with E-state index < -0.39 is 23.4 Å². The summed E-state index contributed by atoms with van der Waals surface area (Å²) < 4.78 is 27.2. The summed E-state index contributed by atoms with van der Waals surface area (Å²) in [6.07, 6.45) is 0. The second-order valence-electron chi connectivity index (χ2n) is 7.93. The maximum atomic E-state index is 13.8. The zero-order chi connectivity index (χ0) is 24.6. The highest BCUT2D eigenvalue weighted by molar-refractivity contribution is 6.46. The van der Waals surface area contributed by atoms with Crippen molar-refractivity contribution in [2.24, 2.45) is 0 Å². The van der Waals surface area contributed by atoms with E-state index in [0.717, 1.165) is 28.2 Å². The van der Waals surface area contributed by atoms with Gasteiger partial charge in [0.1, 0.15) is 5.70 Å². The van der Waals surface area contributed by atoms with Gasteiger partial charge >= 0.3 is 0 Å². The Balaban J connectivity index is 1.82. The summed E-state index contributed by atoms with van der Waals surface area (Å²) in [4.78, 5) is 39.5. The van der Waals surface area contributed by atoms with E-state index in [1.807, 2.05) is 19.9 Å². The average molecular weight is 461 g/mol. The third-order valence-electron chi connectivity index (χ3n) is 5.58. The van der Waals surface area contributed by atoms with E-state index in [1.165, 1.54) is 13.0 Å². The standard InChI is InChI=1S/C26H21F2N3O3/c1-14-5-4-6-22(15(14)2)31-25(33)23(17-7-9-18(10-8-17)29-16(3)32)24(26(31)34)30-19-11-12-20(27)21(28)13-19/h4-13,30H,1-3H3,(H,29,32). The van der Waals surface area contributed by atoms with Gasteiger partial charge in [-0.25, -0.2) is 13.7 Å². The summed E-state index contributed by atoms with van der Waals surface area (Å²) in [6, 6.07) is 14.9. The number of nitrogens with one attached hydrogen (secondary N) is 2. The monoisotopic (exact) mass is 461 g/mol. The number of nitrogens with zero attached hydrogens (tertiary/aromatic N) is 1. The molecule has 3 amide bonds. The quantitative estimate of drug-likeness (QED) is 0.528. The molecule has 0 spiro atoms. The molecule has 1 heterocycles. The van der Waals surface area contributed by atoms with Crippen molar-refractivity contribution in [3.05, 3.63) is 94.7 Å². The summed E-state index contributed by atoms with van der Waals surface area (Å²) in [7, 11) is 0. The number of carbonyl (C=O) groups is 3. The summed E-state index contributed by atoms with van der Waals surface area (Å²) in [5.41, 5.74) is 3.17. The van der Waals surface area contributed by atoms with Crippen LogP contribution >= 0.6 is 0 Å². The molecule has 0 fully saturated rings. The molecule has 3 aromatic rings. The number of aryl methyl sites for hydroxylation is 1. The van der Waals surface area contributed by atoms with Gasteiger partial charge in [0.25, 0.3) is 11.8 Å². The van der Waals surface area contributed by atoms with Crippen molar-refractivity contribution in [1.82, 2.24) is 0 Å². The minimum Gasteiger partial charge on any atom is -0.350 e. The number of anilines is 3. The van der Waals surface area contributed by atoms with Crippen molar-refractivity contribution < 1.29 is 23.2 Å².